The fourth-order valence-electron chi connectivity index (χ4n) is 1.80. The molecule has 0 aromatic heterocycles. The highest BCUT2D eigenvalue weighted by Crippen LogP contribution is 2.28. The average Bonchev–Trinajstić information content (AvgIpc) is 2.24. The molecule has 0 unspecified atom stereocenters. The number of carbonyl (C=O) groups is 1. The zero-order valence-electron chi connectivity index (χ0n) is 14.5. The Bertz CT molecular complexity index is 567. The van der Waals surface area contributed by atoms with E-state index in [0.717, 1.165) is 12.5 Å². The Hall–Kier alpha value is -0.630. The molecule has 0 bridgehead atoms. The summed E-state index contributed by atoms with van der Waals surface area (Å²) in [5.41, 5.74) is -1.57. The lowest BCUT2D eigenvalue weighted by atomic mass is 9.90. The Morgan fingerprint density at radius 3 is 1.73 bits per heavy atom. The van der Waals surface area contributed by atoms with Crippen molar-refractivity contribution in [3.8, 4) is 0 Å². The van der Waals surface area contributed by atoms with E-state index < -0.39 is 35.3 Å². The molecule has 0 saturated carbocycles. The van der Waals surface area contributed by atoms with E-state index in [1.807, 2.05) is 6.92 Å². The van der Waals surface area contributed by atoms with Crippen LogP contribution in [0.2, 0.25) is 0 Å². The first kappa shape index (κ1) is 21.4. The Morgan fingerprint density at radius 2 is 1.41 bits per heavy atom. The second kappa shape index (κ2) is 6.86. The van der Waals surface area contributed by atoms with Crippen LogP contribution in [0, 0.1) is 5.41 Å². The van der Waals surface area contributed by atoms with Crippen LogP contribution in [-0.4, -0.2) is 45.5 Å². The summed E-state index contributed by atoms with van der Waals surface area (Å²) >= 11 is 0. The van der Waals surface area contributed by atoms with Crippen molar-refractivity contribution in [2.75, 3.05) is 12.5 Å². The summed E-state index contributed by atoms with van der Waals surface area (Å²) in [5.74, 6) is -0.379. The van der Waals surface area contributed by atoms with Crippen molar-refractivity contribution in [2.45, 2.75) is 64.1 Å². The number of rotatable bonds is 8. The van der Waals surface area contributed by atoms with E-state index in [1.165, 1.54) is 0 Å². The van der Waals surface area contributed by atoms with E-state index in [1.54, 1.807) is 27.7 Å². The maximum absolute atomic E-state index is 12.1. The van der Waals surface area contributed by atoms with Crippen molar-refractivity contribution < 1.29 is 26.4 Å². The summed E-state index contributed by atoms with van der Waals surface area (Å²) in [6, 6.07) is 0. The van der Waals surface area contributed by atoms with Crippen LogP contribution in [-0.2, 0) is 29.2 Å². The third kappa shape index (κ3) is 6.64. The van der Waals surface area contributed by atoms with Gasteiger partial charge in [0, 0.05) is 12.5 Å². The number of esters is 1. The maximum Gasteiger partial charge on any atom is 0.312 e. The number of ether oxygens (including phenoxy) is 1. The first-order valence-electron chi connectivity index (χ1n) is 7.14. The molecule has 0 radical (unpaired) electrons. The molecule has 0 N–H and O–H groups in total. The lowest BCUT2D eigenvalue weighted by molar-refractivity contribution is -0.168. The molecule has 0 atom stereocenters. The van der Waals surface area contributed by atoms with Gasteiger partial charge in [-0.1, -0.05) is 6.92 Å². The smallest absolute Gasteiger partial charge is 0.312 e. The van der Waals surface area contributed by atoms with Crippen LogP contribution in [0.5, 0.6) is 0 Å². The van der Waals surface area contributed by atoms with Crippen LogP contribution >= 0.6 is 0 Å². The number of carbonyl (C=O) groups excluding carboxylic acids is 1. The zero-order chi connectivity index (χ0) is 18.0. The minimum absolute atomic E-state index is 0.107. The Morgan fingerprint density at radius 1 is 1.00 bits per heavy atom. The van der Waals surface area contributed by atoms with Crippen LogP contribution < -0.4 is 0 Å². The van der Waals surface area contributed by atoms with Gasteiger partial charge in [0.2, 0.25) is 0 Å². The van der Waals surface area contributed by atoms with E-state index in [4.69, 9.17) is 4.74 Å². The number of sulfone groups is 2. The van der Waals surface area contributed by atoms with E-state index in [9.17, 15) is 21.6 Å². The van der Waals surface area contributed by atoms with Crippen molar-refractivity contribution in [3.05, 3.63) is 0 Å². The van der Waals surface area contributed by atoms with E-state index in [2.05, 4.69) is 0 Å². The van der Waals surface area contributed by atoms with Crippen LogP contribution in [0.15, 0.2) is 0 Å². The predicted molar refractivity (Wildman–Crippen MR) is 87.0 cm³/mol. The molecule has 0 rings (SSSR count). The van der Waals surface area contributed by atoms with E-state index in [0.29, 0.717) is 6.42 Å². The summed E-state index contributed by atoms with van der Waals surface area (Å²) in [5, 5.41) is 0. The summed E-state index contributed by atoms with van der Waals surface area (Å²) in [6.07, 6.45) is 2.45. The molecular formula is C14H28O6S2. The molecule has 0 aliphatic heterocycles. The molecule has 0 aromatic carbocycles. The van der Waals surface area contributed by atoms with Gasteiger partial charge in [-0.05, 0) is 47.0 Å². The van der Waals surface area contributed by atoms with Crippen LogP contribution in [0.1, 0.15) is 53.9 Å². The van der Waals surface area contributed by atoms with Crippen LogP contribution in [0.3, 0.4) is 0 Å². The first-order chi connectivity index (χ1) is 9.53. The highest BCUT2D eigenvalue weighted by Gasteiger charge is 2.36. The van der Waals surface area contributed by atoms with Gasteiger partial charge in [-0.3, -0.25) is 4.79 Å². The molecule has 0 aromatic rings. The quantitative estimate of drug-likeness (QED) is 0.617. The summed E-state index contributed by atoms with van der Waals surface area (Å²) in [4.78, 5) is 12.1. The second-order valence-corrected chi connectivity index (χ2v) is 11.8. The molecule has 0 aliphatic rings. The summed E-state index contributed by atoms with van der Waals surface area (Å²) in [6.45, 7) is 8.70. The molecule has 0 saturated heterocycles. The minimum Gasteiger partial charge on any atom is -0.459 e. The Kier molecular flexibility index (Phi) is 6.67. The molecule has 132 valence electrons. The largest absolute Gasteiger partial charge is 0.459 e. The van der Waals surface area contributed by atoms with Gasteiger partial charge in [0.15, 0.2) is 24.3 Å². The average molecular weight is 357 g/mol. The molecule has 0 amide bonds. The molecule has 0 spiro atoms. The van der Waals surface area contributed by atoms with Gasteiger partial charge in [-0.25, -0.2) is 16.8 Å². The molecule has 0 fully saturated rings. The fraction of sp³-hybridized carbons (Fsp3) is 0.929. The molecule has 0 heterocycles. The van der Waals surface area contributed by atoms with Gasteiger partial charge in [0.05, 0.1) is 5.41 Å². The van der Waals surface area contributed by atoms with Crippen molar-refractivity contribution in [3.63, 3.8) is 0 Å². The maximum atomic E-state index is 12.1. The Labute approximate surface area is 134 Å². The molecule has 6 nitrogen and oxygen atoms in total. The van der Waals surface area contributed by atoms with Gasteiger partial charge < -0.3 is 4.74 Å². The first-order valence-corrected chi connectivity index (χ1v) is 11.0. The van der Waals surface area contributed by atoms with Gasteiger partial charge in [0.1, 0.15) is 5.60 Å². The summed E-state index contributed by atoms with van der Waals surface area (Å²) in [7, 11) is -7.47. The van der Waals surface area contributed by atoms with Gasteiger partial charge in [-0.15, -0.1) is 0 Å². The fourth-order valence-corrected chi connectivity index (χ4v) is 5.43. The normalized spacial score (nSPS) is 14.2. The van der Waals surface area contributed by atoms with Crippen LogP contribution in [0.25, 0.3) is 0 Å². The topological polar surface area (TPSA) is 94.6 Å². The third-order valence-electron chi connectivity index (χ3n) is 3.74. The van der Waals surface area contributed by atoms with Crippen molar-refractivity contribution in [1.82, 2.24) is 0 Å². The van der Waals surface area contributed by atoms with Crippen molar-refractivity contribution in [1.29, 1.82) is 0 Å². The molecule has 8 heteroatoms. The molecular weight excluding hydrogens is 328 g/mol. The number of hydrogen-bond acceptors (Lipinski definition) is 6. The second-order valence-electron chi connectivity index (χ2n) is 7.01. The Balaban J connectivity index is 5.04. The van der Waals surface area contributed by atoms with E-state index >= 15 is 0 Å². The lowest BCUT2D eigenvalue weighted by Gasteiger charge is -2.31. The highest BCUT2D eigenvalue weighted by molar-refractivity contribution is 8.08. The standard InChI is InChI=1S/C14H28O6S2/c1-8-13(2,3)12(15)20-14(4,5)10-9-11(21(6,16)17)22(7,18)19/h11H,8-10H2,1-7H3. The zero-order valence-corrected chi connectivity index (χ0v) is 16.1. The van der Waals surface area contributed by atoms with Crippen LogP contribution in [0.4, 0.5) is 0 Å². The SMILES string of the molecule is CCC(C)(C)C(=O)OC(C)(C)CCC(S(C)(=O)=O)S(C)(=O)=O. The summed E-state index contributed by atoms with van der Waals surface area (Å²) < 4.78 is 50.5. The van der Waals surface area contributed by atoms with Crippen molar-refractivity contribution >= 4 is 25.6 Å². The highest BCUT2D eigenvalue weighted by atomic mass is 32.3. The molecule has 0 aliphatic carbocycles. The third-order valence-corrected chi connectivity index (χ3v) is 8.22. The predicted octanol–water partition coefficient (Wildman–Crippen LogP) is 1.94. The van der Waals surface area contributed by atoms with E-state index in [-0.39, 0.29) is 18.8 Å². The van der Waals surface area contributed by atoms with Crippen molar-refractivity contribution in [2.24, 2.45) is 5.41 Å². The van der Waals surface area contributed by atoms with Gasteiger partial charge in [0.25, 0.3) is 0 Å². The van der Waals surface area contributed by atoms with Gasteiger partial charge >= 0.3 is 5.97 Å². The lowest BCUT2D eigenvalue weighted by Crippen LogP contribution is -2.37. The van der Waals surface area contributed by atoms with Gasteiger partial charge in [-0.2, -0.15) is 0 Å². The number of hydrogen-bond donors (Lipinski definition) is 0. The molecule has 22 heavy (non-hydrogen) atoms. The monoisotopic (exact) mass is 356 g/mol. The minimum atomic E-state index is -3.74.